The topological polar surface area (TPSA) is 73.0 Å². The molecule has 0 bridgehead atoms. The number of rotatable bonds is 4. The maximum Gasteiger partial charge on any atom is 0.273 e. The Balaban J connectivity index is 1.83. The summed E-state index contributed by atoms with van der Waals surface area (Å²) in [5.41, 5.74) is 0.605. The summed E-state index contributed by atoms with van der Waals surface area (Å²) in [6.07, 6.45) is 2.46. The summed E-state index contributed by atoms with van der Waals surface area (Å²) in [4.78, 5) is 30.3. The molecule has 1 atom stereocenters. The molecule has 2 aromatic heterocycles. The molecule has 3 heterocycles. The Morgan fingerprint density at radius 1 is 1.33 bits per heavy atom. The van der Waals surface area contributed by atoms with Gasteiger partial charge in [0.15, 0.2) is 5.16 Å². The van der Waals surface area contributed by atoms with Gasteiger partial charge in [0.2, 0.25) is 5.91 Å². The lowest BCUT2D eigenvalue weighted by Gasteiger charge is -2.18. The summed E-state index contributed by atoms with van der Waals surface area (Å²) in [6.45, 7) is 6.61. The third-order valence-corrected chi connectivity index (χ3v) is 5.25. The van der Waals surface area contributed by atoms with E-state index in [0.717, 1.165) is 17.9 Å². The van der Waals surface area contributed by atoms with Gasteiger partial charge in [-0.15, -0.1) is 0 Å². The molecule has 0 aliphatic carbocycles. The summed E-state index contributed by atoms with van der Waals surface area (Å²) in [6, 6.07) is 3.54. The maximum atomic E-state index is 12.8. The molecule has 1 saturated heterocycles. The molecule has 1 aliphatic rings. The summed E-state index contributed by atoms with van der Waals surface area (Å²) in [7, 11) is 1.84. The predicted octanol–water partition coefficient (Wildman–Crippen LogP) is 1.76. The Hall–Kier alpha value is -2.09. The molecule has 0 saturated carbocycles. The van der Waals surface area contributed by atoms with Gasteiger partial charge in [0.25, 0.3) is 5.56 Å². The van der Waals surface area contributed by atoms with Crippen molar-refractivity contribution in [2.45, 2.75) is 43.6 Å². The van der Waals surface area contributed by atoms with Crippen LogP contribution >= 0.6 is 11.8 Å². The third-order valence-electron chi connectivity index (χ3n) is 4.02. The number of anilines is 1. The summed E-state index contributed by atoms with van der Waals surface area (Å²) in [5.74, 6) is 0.847. The van der Waals surface area contributed by atoms with Gasteiger partial charge in [0.05, 0.1) is 10.9 Å². The molecule has 1 aliphatic heterocycles. The Bertz CT molecular complexity index is 826. The van der Waals surface area contributed by atoms with Gasteiger partial charge in [-0.25, -0.2) is 0 Å². The zero-order valence-corrected chi connectivity index (χ0v) is 15.1. The second-order valence-corrected chi connectivity index (χ2v) is 7.37. The highest BCUT2D eigenvalue weighted by Crippen LogP contribution is 2.32. The average Bonchev–Trinajstić information content (AvgIpc) is 3.01. The van der Waals surface area contributed by atoms with Crippen LogP contribution < -0.4 is 10.5 Å². The van der Waals surface area contributed by atoms with Crippen molar-refractivity contribution in [2.75, 3.05) is 11.4 Å². The lowest BCUT2D eigenvalue weighted by molar-refractivity contribution is -0.116. The minimum absolute atomic E-state index is 0.0383. The minimum Gasteiger partial charge on any atom is -0.325 e. The highest BCUT2D eigenvalue weighted by molar-refractivity contribution is 8.00. The fraction of sp³-hybridized carbons (Fsp3) is 0.500. The van der Waals surface area contributed by atoms with Gasteiger partial charge < -0.3 is 4.57 Å². The molecule has 3 rings (SSSR count). The van der Waals surface area contributed by atoms with Gasteiger partial charge in [-0.1, -0.05) is 11.8 Å². The van der Waals surface area contributed by atoms with Gasteiger partial charge in [-0.05, 0) is 27.2 Å². The molecule has 2 aromatic rings. The van der Waals surface area contributed by atoms with Crippen LogP contribution in [0, 0.1) is 6.92 Å². The summed E-state index contributed by atoms with van der Waals surface area (Å²) < 4.78 is 3.65. The molecule has 0 aromatic carbocycles. The molecule has 128 valence electrons. The second-order valence-electron chi connectivity index (χ2n) is 6.20. The van der Waals surface area contributed by atoms with Crippen LogP contribution in [0.4, 0.5) is 5.82 Å². The normalized spacial score (nSPS) is 18.0. The fourth-order valence-corrected chi connectivity index (χ4v) is 4.09. The molecular formula is C16H21N5O2S. The Morgan fingerprint density at radius 3 is 2.71 bits per heavy atom. The number of carbonyl (C=O) groups is 1. The highest BCUT2D eigenvalue weighted by Gasteiger charge is 2.35. The number of aryl methyl sites for hydroxylation is 2. The van der Waals surface area contributed by atoms with E-state index < -0.39 is 0 Å². The molecule has 0 unspecified atom stereocenters. The van der Waals surface area contributed by atoms with Gasteiger partial charge in [-0.2, -0.15) is 10.1 Å². The third kappa shape index (κ3) is 3.10. The van der Waals surface area contributed by atoms with Gasteiger partial charge in [0.1, 0.15) is 5.82 Å². The van der Waals surface area contributed by atoms with Crippen LogP contribution in [0.25, 0.3) is 0 Å². The first kappa shape index (κ1) is 16.8. The molecule has 0 N–H and O–H groups in total. The van der Waals surface area contributed by atoms with Crippen molar-refractivity contribution in [3.63, 3.8) is 0 Å². The quantitative estimate of drug-likeness (QED) is 0.788. The van der Waals surface area contributed by atoms with Crippen molar-refractivity contribution in [1.29, 1.82) is 0 Å². The van der Waals surface area contributed by atoms with Crippen molar-refractivity contribution >= 4 is 23.5 Å². The van der Waals surface area contributed by atoms with Crippen LogP contribution in [0.1, 0.15) is 32.0 Å². The van der Waals surface area contributed by atoms with Crippen molar-refractivity contribution in [2.24, 2.45) is 7.05 Å². The number of hydrogen-bond acceptors (Lipinski definition) is 5. The number of hydrogen-bond donors (Lipinski definition) is 0. The first-order chi connectivity index (χ1) is 11.4. The van der Waals surface area contributed by atoms with E-state index >= 15 is 0 Å². The fourth-order valence-electron chi connectivity index (χ4n) is 2.84. The highest BCUT2D eigenvalue weighted by atomic mass is 32.2. The molecule has 8 heteroatoms. The zero-order valence-electron chi connectivity index (χ0n) is 14.3. The van der Waals surface area contributed by atoms with Crippen molar-refractivity contribution in [1.82, 2.24) is 19.3 Å². The number of thioether (sulfide) groups is 1. The Morgan fingerprint density at radius 2 is 2.08 bits per heavy atom. The van der Waals surface area contributed by atoms with E-state index in [2.05, 4.69) is 10.1 Å². The van der Waals surface area contributed by atoms with Gasteiger partial charge >= 0.3 is 0 Å². The monoisotopic (exact) mass is 347 g/mol. The van der Waals surface area contributed by atoms with Crippen LogP contribution in [-0.4, -0.2) is 37.0 Å². The molecule has 0 radical (unpaired) electrons. The first-order valence-electron chi connectivity index (χ1n) is 7.94. The number of aromatic nitrogens is 4. The number of amides is 1. The van der Waals surface area contributed by atoms with E-state index in [1.54, 1.807) is 15.8 Å². The van der Waals surface area contributed by atoms with Crippen LogP contribution in [0.2, 0.25) is 0 Å². The van der Waals surface area contributed by atoms with E-state index in [1.807, 2.05) is 38.5 Å². The zero-order chi connectivity index (χ0) is 17.4. The standard InChI is InChI=1S/C16H21N5O2S/c1-10(2)20-8-6-13(22)17-16(20)24-12-5-7-21(15(12)23)14-9-11(3)18-19(14)4/h6,8-10,12H,5,7H2,1-4H3/t12-/m1/s1. The van der Waals surface area contributed by atoms with Crippen molar-refractivity contribution in [3.05, 3.63) is 34.4 Å². The van der Waals surface area contributed by atoms with Crippen molar-refractivity contribution in [3.8, 4) is 0 Å². The molecule has 7 nitrogen and oxygen atoms in total. The second kappa shape index (κ2) is 6.43. The summed E-state index contributed by atoms with van der Waals surface area (Å²) in [5, 5.41) is 4.67. The molecule has 1 amide bonds. The molecular weight excluding hydrogens is 326 g/mol. The van der Waals surface area contributed by atoms with Crippen LogP contribution in [0.3, 0.4) is 0 Å². The largest absolute Gasteiger partial charge is 0.325 e. The van der Waals surface area contributed by atoms with Crippen LogP contribution in [0.15, 0.2) is 28.3 Å². The SMILES string of the molecule is Cc1cc(N2CC[C@@H](Sc3nc(=O)ccn3C(C)C)C2=O)n(C)n1. The average molecular weight is 347 g/mol. The van der Waals surface area contributed by atoms with Gasteiger partial charge in [-0.3, -0.25) is 19.2 Å². The van der Waals surface area contributed by atoms with Crippen LogP contribution in [0.5, 0.6) is 0 Å². The van der Waals surface area contributed by atoms with E-state index in [4.69, 9.17) is 0 Å². The van der Waals surface area contributed by atoms with Crippen molar-refractivity contribution < 1.29 is 4.79 Å². The molecule has 0 spiro atoms. The molecule has 1 fully saturated rings. The Labute approximate surface area is 144 Å². The summed E-state index contributed by atoms with van der Waals surface area (Å²) >= 11 is 1.37. The van der Waals surface area contributed by atoms with Crippen LogP contribution in [-0.2, 0) is 11.8 Å². The Kier molecular flexibility index (Phi) is 4.49. The van der Waals surface area contributed by atoms with Gasteiger partial charge in [0, 0.05) is 38.0 Å². The molecule has 24 heavy (non-hydrogen) atoms. The lowest BCUT2D eigenvalue weighted by atomic mass is 10.4. The minimum atomic E-state index is -0.279. The van der Waals surface area contributed by atoms with E-state index in [9.17, 15) is 9.59 Å². The maximum absolute atomic E-state index is 12.8. The first-order valence-corrected chi connectivity index (χ1v) is 8.82. The van der Waals surface area contributed by atoms with E-state index in [1.165, 1.54) is 17.8 Å². The smallest absolute Gasteiger partial charge is 0.273 e. The predicted molar refractivity (Wildman–Crippen MR) is 93.4 cm³/mol. The van der Waals surface area contributed by atoms with E-state index in [0.29, 0.717) is 11.7 Å². The number of carbonyl (C=O) groups excluding carboxylic acids is 1. The lowest BCUT2D eigenvalue weighted by Crippen LogP contribution is -2.30. The number of nitrogens with zero attached hydrogens (tertiary/aromatic N) is 5. The van der Waals surface area contributed by atoms with E-state index in [-0.39, 0.29) is 22.8 Å².